The Bertz CT molecular complexity index is 890. The van der Waals surface area contributed by atoms with Gasteiger partial charge >= 0.3 is 11.7 Å². The van der Waals surface area contributed by atoms with Crippen LogP contribution in [-0.4, -0.2) is 35.3 Å². The molecule has 1 heterocycles. The summed E-state index contributed by atoms with van der Waals surface area (Å²) in [6.07, 6.45) is 9.38. The first-order valence-corrected chi connectivity index (χ1v) is 9.57. The zero-order valence-electron chi connectivity index (χ0n) is 16.3. The van der Waals surface area contributed by atoms with Gasteiger partial charge < -0.3 is 19.2 Å². The maximum absolute atomic E-state index is 12.1. The number of carbonyl (C=O) groups is 1. The number of esters is 1. The molecule has 0 unspecified atom stereocenters. The van der Waals surface area contributed by atoms with Crippen LogP contribution in [0.1, 0.15) is 44.6 Å². The van der Waals surface area contributed by atoms with Gasteiger partial charge in [0.15, 0.2) is 11.5 Å². The average molecular weight is 386 g/mol. The van der Waals surface area contributed by atoms with Gasteiger partial charge in [0.25, 0.3) is 0 Å². The van der Waals surface area contributed by atoms with Crippen LogP contribution in [-0.2, 0) is 9.53 Å². The van der Waals surface area contributed by atoms with E-state index in [4.69, 9.17) is 14.2 Å². The molecule has 1 aromatic carbocycles. The molecule has 0 spiro atoms. The summed E-state index contributed by atoms with van der Waals surface area (Å²) in [5.41, 5.74) is 1.14. The van der Waals surface area contributed by atoms with Crippen molar-refractivity contribution >= 4 is 17.7 Å². The highest BCUT2D eigenvalue weighted by Gasteiger charge is 2.20. The Kier molecular flexibility index (Phi) is 6.57. The van der Waals surface area contributed by atoms with Crippen LogP contribution < -0.4 is 15.2 Å². The Labute approximate surface area is 163 Å². The lowest BCUT2D eigenvalue weighted by molar-refractivity contribution is -0.141. The lowest BCUT2D eigenvalue weighted by Gasteiger charge is -2.17. The molecule has 1 saturated carbocycles. The van der Waals surface area contributed by atoms with E-state index in [1.54, 1.807) is 32.6 Å². The third kappa shape index (κ3) is 4.85. The van der Waals surface area contributed by atoms with Crippen LogP contribution in [0.4, 0.5) is 0 Å². The second-order valence-corrected chi connectivity index (χ2v) is 6.70. The van der Waals surface area contributed by atoms with E-state index >= 15 is 0 Å². The number of carbonyl (C=O) groups excluding carboxylic acids is 1. The van der Waals surface area contributed by atoms with E-state index in [1.165, 1.54) is 4.57 Å². The third-order valence-corrected chi connectivity index (χ3v) is 4.74. The minimum absolute atomic E-state index is 0.0423. The number of imidazole rings is 1. The fourth-order valence-electron chi connectivity index (χ4n) is 3.34. The second-order valence-electron chi connectivity index (χ2n) is 6.70. The molecule has 0 bridgehead atoms. The number of hydrogen-bond donors (Lipinski definition) is 1. The average Bonchev–Trinajstić information content (AvgIpc) is 3.33. The number of benzene rings is 1. The molecule has 1 aliphatic rings. The molecule has 0 amide bonds. The van der Waals surface area contributed by atoms with Crippen molar-refractivity contribution in [3.63, 3.8) is 0 Å². The molecular formula is C21H26N2O5. The Morgan fingerprint density at radius 1 is 1.29 bits per heavy atom. The summed E-state index contributed by atoms with van der Waals surface area (Å²) in [5, 5.41) is 0. The number of hydrogen-bond acceptors (Lipinski definition) is 5. The monoisotopic (exact) mass is 386 g/mol. The summed E-state index contributed by atoms with van der Waals surface area (Å²) in [7, 11) is 1.60. The predicted octanol–water partition coefficient (Wildman–Crippen LogP) is 3.46. The van der Waals surface area contributed by atoms with E-state index in [1.807, 2.05) is 18.2 Å². The lowest BCUT2D eigenvalue weighted by atomic mass is 10.0. The van der Waals surface area contributed by atoms with Crippen LogP contribution in [0.3, 0.4) is 0 Å². The van der Waals surface area contributed by atoms with Gasteiger partial charge in [-0.2, -0.15) is 0 Å². The smallest absolute Gasteiger partial charge is 0.329 e. The number of ether oxygens (including phenoxy) is 3. The Hall–Kier alpha value is -2.96. The molecule has 0 saturated heterocycles. The number of nitrogens with zero attached hydrogens (tertiary/aromatic N) is 1. The topological polar surface area (TPSA) is 82.6 Å². The minimum atomic E-state index is -0.355. The van der Waals surface area contributed by atoms with E-state index in [0.29, 0.717) is 23.7 Å². The van der Waals surface area contributed by atoms with Gasteiger partial charge in [-0.05, 0) is 55.9 Å². The van der Waals surface area contributed by atoms with Crippen molar-refractivity contribution in [2.45, 2.75) is 45.1 Å². The number of methoxy groups -OCH3 is 1. The Morgan fingerprint density at radius 2 is 2.07 bits per heavy atom. The van der Waals surface area contributed by atoms with Crippen molar-refractivity contribution in [2.75, 3.05) is 13.7 Å². The zero-order valence-corrected chi connectivity index (χ0v) is 16.3. The molecule has 1 N–H and O–H groups in total. The van der Waals surface area contributed by atoms with Gasteiger partial charge in [0.2, 0.25) is 0 Å². The number of aromatic amines is 1. The Balaban J connectivity index is 1.96. The van der Waals surface area contributed by atoms with E-state index in [-0.39, 0.29) is 24.2 Å². The van der Waals surface area contributed by atoms with Gasteiger partial charge in [-0.1, -0.05) is 6.07 Å². The van der Waals surface area contributed by atoms with E-state index in [0.717, 1.165) is 31.2 Å². The van der Waals surface area contributed by atoms with Crippen molar-refractivity contribution < 1.29 is 19.0 Å². The fourth-order valence-corrected chi connectivity index (χ4v) is 3.34. The highest BCUT2D eigenvalue weighted by atomic mass is 16.5. The highest BCUT2D eigenvalue weighted by molar-refractivity contribution is 5.90. The summed E-state index contributed by atoms with van der Waals surface area (Å²) in [6.45, 7) is 2.06. The number of nitrogens with one attached hydrogen (secondary N) is 1. The molecule has 28 heavy (non-hydrogen) atoms. The standard InChI is InChI=1S/C21H26N2O5/c1-3-27-20(24)13-16(14-23-11-10-22-21(23)25)15-8-9-18(26-2)19(12-15)28-17-6-4-5-7-17/h8-12,14,17H,3-7,13H2,1-2H3,(H,22,25)/b16-14-. The maximum atomic E-state index is 12.1. The molecule has 1 aromatic heterocycles. The molecule has 0 atom stereocenters. The first kappa shape index (κ1) is 19.8. The van der Waals surface area contributed by atoms with Crippen molar-refractivity contribution in [3.8, 4) is 11.5 Å². The van der Waals surface area contributed by atoms with Crippen molar-refractivity contribution in [2.24, 2.45) is 0 Å². The molecule has 7 heteroatoms. The van der Waals surface area contributed by atoms with E-state index in [9.17, 15) is 9.59 Å². The first-order valence-electron chi connectivity index (χ1n) is 9.57. The normalized spacial score (nSPS) is 14.9. The first-order chi connectivity index (χ1) is 13.6. The summed E-state index contributed by atoms with van der Waals surface area (Å²) >= 11 is 0. The van der Waals surface area contributed by atoms with E-state index < -0.39 is 0 Å². The summed E-state index contributed by atoms with van der Waals surface area (Å²) < 4.78 is 18.1. The van der Waals surface area contributed by atoms with Crippen LogP contribution >= 0.6 is 0 Å². The van der Waals surface area contributed by atoms with Gasteiger partial charge in [0.05, 0.1) is 26.2 Å². The summed E-state index contributed by atoms with van der Waals surface area (Å²) in [6, 6.07) is 5.53. The Morgan fingerprint density at radius 3 is 2.71 bits per heavy atom. The van der Waals surface area contributed by atoms with Crippen LogP contribution in [0.2, 0.25) is 0 Å². The van der Waals surface area contributed by atoms with Gasteiger partial charge in [-0.25, -0.2) is 4.79 Å². The third-order valence-electron chi connectivity index (χ3n) is 4.74. The maximum Gasteiger partial charge on any atom is 0.329 e. The molecule has 7 nitrogen and oxygen atoms in total. The van der Waals surface area contributed by atoms with E-state index in [2.05, 4.69) is 4.98 Å². The molecule has 3 rings (SSSR count). The number of rotatable bonds is 8. The largest absolute Gasteiger partial charge is 0.493 e. The second kappa shape index (κ2) is 9.30. The summed E-state index contributed by atoms with van der Waals surface area (Å²) in [5.74, 6) is 0.930. The minimum Gasteiger partial charge on any atom is -0.493 e. The number of H-pyrrole nitrogens is 1. The van der Waals surface area contributed by atoms with Gasteiger partial charge in [0, 0.05) is 18.6 Å². The molecule has 2 aromatic rings. The SMILES string of the molecule is CCOC(=O)C/C(=C/n1cc[nH]c1=O)c1ccc(OC)c(OC2CCCC2)c1. The highest BCUT2D eigenvalue weighted by Crippen LogP contribution is 2.35. The lowest BCUT2D eigenvalue weighted by Crippen LogP contribution is -2.13. The zero-order chi connectivity index (χ0) is 19.9. The van der Waals surface area contributed by atoms with Crippen LogP contribution in [0, 0.1) is 0 Å². The quantitative estimate of drug-likeness (QED) is 0.703. The van der Waals surface area contributed by atoms with Crippen molar-refractivity contribution in [3.05, 3.63) is 46.6 Å². The predicted molar refractivity (Wildman–Crippen MR) is 106 cm³/mol. The molecular weight excluding hydrogens is 360 g/mol. The molecule has 150 valence electrons. The van der Waals surface area contributed by atoms with Crippen LogP contribution in [0.25, 0.3) is 11.8 Å². The molecule has 1 aliphatic carbocycles. The van der Waals surface area contributed by atoms with Crippen LogP contribution in [0.5, 0.6) is 11.5 Å². The van der Waals surface area contributed by atoms with Crippen molar-refractivity contribution in [1.82, 2.24) is 9.55 Å². The fraction of sp³-hybridized carbons (Fsp3) is 0.429. The van der Waals surface area contributed by atoms with Gasteiger partial charge in [-0.15, -0.1) is 0 Å². The van der Waals surface area contributed by atoms with Crippen molar-refractivity contribution in [1.29, 1.82) is 0 Å². The van der Waals surface area contributed by atoms with Crippen LogP contribution in [0.15, 0.2) is 35.4 Å². The molecule has 0 aliphatic heterocycles. The van der Waals surface area contributed by atoms with Gasteiger partial charge in [-0.3, -0.25) is 9.36 Å². The summed E-state index contributed by atoms with van der Waals surface area (Å²) in [4.78, 5) is 26.6. The number of aromatic nitrogens is 2. The van der Waals surface area contributed by atoms with Gasteiger partial charge in [0.1, 0.15) is 0 Å². The molecule has 1 fully saturated rings. The molecule has 0 radical (unpaired) electrons.